The first-order valence-corrected chi connectivity index (χ1v) is 6.61. The SMILES string of the molecule is CCNc1nc(NC(C)CCCO)nc(N(C)C)n1. The van der Waals surface area contributed by atoms with Crippen molar-refractivity contribution in [2.24, 2.45) is 0 Å². The molecule has 7 nitrogen and oxygen atoms in total. The molecule has 0 saturated carbocycles. The molecule has 7 heteroatoms. The topological polar surface area (TPSA) is 86.2 Å². The summed E-state index contributed by atoms with van der Waals surface area (Å²) in [5.74, 6) is 1.74. The zero-order valence-corrected chi connectivity index (χ0v) is 12.1. The first-order chi connectivity index (χ1) is 9.06. The number of hydrogen-bond acceptors (Lipinski definition) is 7. The summed E-state index contributed by atoms with van der Waals surface area (Å²) in [6, 6.07) is 0.207. The highest BCUT2D eigenvalue weighted by Crippen LogP contribution is 2.13. The Morgan fingerprint density at radius 2 is 1.89 bits per heavy atom. The van der Waals surface area contributed by atoms with E-state index in [0.29, 0.717) is 17.8 Å². The summed E-state index contributed by atoms with van der Waals surface area (Å²) in [6.07, 6.45) is 1.63. The van der Waals surface area contributed by atoms with Crippen molar-refractivity contribution in [2.75, 3.05) is 42.8 Å². The molecule has 1 aromatic rings. The minimum atomic E-state index is 0.203. The van der Waals surface area contributed by atoms with Gasteiger partial charge in [-0.2, -0.15) is 15.0 Å². The van der Waals surface area contributed by atoms with Gasteiger partial charge in [-0.25, -0.2) is 0 Å². The zero-order chi connectivity index (χ0) is 14.3. The maximum Gasteiger partial charge on any atom is 0.231 e. The van der Waals surface area contributed by atoms with Crippen molar-refractivity contribution in [2.45, 2.75) is 32.7 Å². The third kappa shape index (κ3) is 5.25. The Kier molecular flexibility index (Phi) is 6.27. The first kappa shape index (κ1) is 15.4. The third-order valence-corrected chi connectivity index (χ3v) is 2.53. The Morgan fingerprint density at radius 1 is 1.21 bits per heavy atom. The van der Waals surface area contributed by atoms with Gasteiger partial charge in [-0.1, -0.05) is 0 Å². The molecule has 1 unspecified atom stereocenters. The van der Waals surface area contributed by atoms with Crippen LogP contribution in [0, 0.1) is 0 Å². The van der Waals surface area contributed by atoms with Crippen LogP contribution in [0.1, 0.15) is 26.7 Å². The molecular weight excluding hydrogens is 244 g/mol. The second kappa shape index (κ2) is 7.73. The lowest BCUT2D eigenvalue weighted by atomic mass is 10.2. The van der Waals surface area contributed by atoms with Gasteiger partial charge in [-0.05, 0) is 26.7 Å². The average Bonchev–Trinajstić information content (AvgIpc) is 2.36. The molecule has 0 saturated heterocycles. The van der Waals surface area contributed by atoms with Gasteiger partial charge in [-0.15, -0.1) is 0 Å². The molecule has 1 aromatic heterocycles. The monoisotopic (exact) mass is 268 g/mol. The zero-order valence-electron chi connectivity index (χ0n) is 12.1. The third-order valence-electron chi connectivity index (χ3n) is 2.53. The van der Waals surface area contributed by atoms with Crippen LogP contribution in [-0.4, -0.2) is 53.3 Å². The van der Waals surface area contributed by atoms with Crippen LogP contribution in [0.25, 0.3) is 0 Å². The van der Waals surface area contributed by atoms with Gasteiger partial charge in [0.05, 0.1) is 0 Å². The van der Waals surface area contributed by atoms with E-state index < -0.39 is 0 Å². The molecular formula is C12H24N6O. The molecule has 1 atom stereocenters. The first-order valence-electron chi connectivity index (χ1n) is 6.61. The number of aliphatic hydroxyl groups excluding tert-OH is 1. The molecule has 0 aliphatic rings. The van der Waals surface area contributed by atoms with Crippen molar-refractivity contribution in [1.82, 2.24) is 15.0 Å². The predicted molar refractivity (Wildman–Crippen MR) is 77.7 cm³/mol. The number of aromatic nitrogens is 3. The maximum atomic E-state index is 8.83. The fourth-order valence-electron chi connectivity index (χ4n) is 1.56. The standard InChI is InChI=1S/C12H24N6O/c1-5-13-10-15-11(14-9(2)7-6-8-19)17-12(16-10)18(3)4/h9,19H,5-8H2,1-4H3,(H2,13,14,15,16,17). The Morgan fingerprint density at radius 3 is 2.47 bits per heavy atom. The lowest BCUT2D eigenvalue weighted by molar-refractivity contribution is 0.282. The molecule has 0 aliphatic carbocycles. The minimum absolute atomic E-state index is 0.203. The maximum absolute atomic E-state index is 8.83. The van der Waals surface area contributed by atoms with E-state index in [1.807, 2.05) is 32.8 Å². The Hall–Kier alpha value is -1.63. The number of nitrogens with one attached hydrogen (secondary N) is 2. The van der Waals surface area contributed by atoms with E-state index in [4.69, 9.17) is 5.11 Å². The summed E-state index contributed by atoms with van der Waals surface area (Å²) < 4.78 is 0. The summed E-state index contributed by atoms with van der Waals surface area (Å²) in [4.78, 5) is 14.8. The molecule has 0 fully saturated rings. The summed E-state index contributed by atoms with van der Waals surface area (Å²) in [6.45, 7) is 5.00. The second-order valence-electron chi connectivity index (χ2n) is 4.62. The fourth-order valence-corrected chi connectivity index (χ4v) is 1.56. The van der Waals surface area contributed by atoms with Gasteiger partial charge in [-0.3, -0.25) is 0 Å². The molecule has 0 bridgehead atoms. The van der Waals surface area contributed by atoms with Crippen LogP contribution in [0.3, 0.4) is 0 Å². The summed E-state index contributed by atoms with van der Waals surface area (Å²) >= 11 is 0. The quantitative estimate of drug-likeness (QED) is 0.647. The molecule has 1 rings (SSSR count). The second-order valence-corrected chi connectivity index (χ2v) is 4.62. The highest BCUT2D eigenvalue weighted by atomic mass is 16.2. The van der Waals surface area contributed by atoms with Crippen molar-refractivity contribution in [3.63, 3.8) is 0 Å². The molecule has 1 heterocycles. The van der Waals surface area contributed by atoms with E-state index in [-0.39, 0.29) is 12.6 Å². The number of rotatable bonds is 8. The average molecular weight is 268 g/mol. The van der Waals surface area contributed by atoms with Gasteiger partial charge >= 0.3 is 0 Å². The number of hydrogen-bond donors (Lipinski definition) is 3. The van der Waals surface area contributed by atoms with Crippen LogP contribution >= 0.6 is 0 Å². The smallest absolute Gasteiger partial charge is 0.231 e. The number of anilines is 3. The lowest BCUT2D eigenvalue weighted by Crippen LogP contribution is -2.21. The predicted octanol–water partition coefficient (Wildman–Crippen LogP) is 0.942. The molecule has 0 spiro atoms. The Labute approximate surface area is 114 Å². The Balaban J connectivity index is 2.80. The summed E-state index contributed by atoms with van der Waals surface area (Å²) in [7, 11) is 3.79. The van der Waals surface area contributed by atoms with Crippen molar-refractivity contribution in [1.29, 1.82) is 0 Å². The molecule has 3 N–H and O–H groups in total. The van der Waals surface area contributed by atoms with E-state index in [9.17, 15) is 0 Å². The van der Waals surface area contributed by atoms with Crippen LogP contribution in [0.4, 0.5) is 17.8 Å². The summed E-state index contributed by atoms with van der Waals surface area (Å²) in [5.41, 5.74) is 0. The van der Waals surface area contributed by atoms with Gasteiger partial charge in [0, 0.05) is 33.3 Å². The normalized spacial score (nSPS) is 12.1. The van der Waals surface area contributed by atoms with E-state index in [1.165, 1.54) is 0 Å². The molecule has 0 amide bonds. The molecule has 108 valence electrons. The van der Waals surface area contributed by atoms with E-state index in [0.717, 1.165) is 19.4 Å². The van der Waals surface area contributed by atoms with Gasteiger partial charge < -0.3 is 20.6 Å². The molecule has 0 aliphatic heterocycles. The summed E-state index contributed by atoms with van der Waals surface area (Å²) in [5, 5.41) is 15.1. The van der Waals surface area contributed by atoms with E-state index in [2.05, 4.69) is 25.6 Å². The highest BCUT2D eigenvalue weighted by Gasteiger charge is 2.09. The molecule has 0 radical (unpaired) electrons. The molecule has 19 heavy (non-hydrogen) atoms. The highest BCUT2D eigenvalue weighted by molar-refractivity contribution is 5.43. The number of aliphatic hydroxyl groups is 1. The van der Waals surface area contributed by atoms with E-state index in [1.54, 1.807) is 0 Å². The fraction of sp³-hybridized carbons (Fsp3) is 0.750. The largest absolute Gasteiger partial charge is 0.396 e. The Bertz CT molecular complexity index is 384. The molecule has 0 aromatic carbocycles. The van der Waals surface area contributed by atoms with Crippen LogP contribution in [0.5, 0.6) is 0 Å². The van der Waals surface area contributed by atoms with Gasteiger partial charge in [0.25, 0.3) is 0 Å². The minimum Gasteiger partial charge on any atom is -0.396 e. The van der Waals surface area contributed by atoms with Crippen molar-refractivity contribution in [3.05, 3.63) is 0 Å². The van der Waals surface area contributed by atoms with E-state index >= 15 is 0 Å². The number of nitrogens with zero attached hydrogens (tertiary/aromatic N) is 4. The van der Waals surface area contributed by atoms with Crippen molar-refractivity contribution < 1.29 is 5.11 Å². The van der Waals surface area contributed by atoms with Gasteiger partial charge in [0.15, 0.2) is 0 Å². The lowest BCUT2D eigenvalue weighted by Gasteiger charge is -2.16. The van der Waals surface area contributed by atoms with Crippen LogP contribution in [0.2, 0.25) is 0 Å². The van der Waals surface area contributed by atoms with Gasteiger partial charge in [0.1, 0.15) is 0 Å². The van der Waals surface area contributed by atoms with Crippen LogP contribution in [-0.2, 0) is 0 Å². The van der Waals surface area contributed by atoms with Gasteiger partial charge in [0.2, 0.25) is 17.8 Å². The van der Waals surface area contributed by atoms with Crippen LogP contribution in [0.15, 0.2) is 0 Å². The van der Waals surface area contributed by atoms with Crippen molar-refractivity contribution in [3.8, 4) is 0 Å². The van der Waals surface area contributed by atoms with Crippen molar-refractivity contribution >= 4 is 17.8 Å². The van der Waals surface area contributed by atoms with Crippen LogP contribution < -0.4 is 15.5 Å².